The molecule has 33 heavy (non-hydrogen) atoms. The average Bonchev–Trinajstić information content (AvgIpc) is 3.67. The fourth-order valence-corrected chi connectivity index (χ4v) is 4.92. The Labute approximate surface area is 195 Å². The standard InChI is InChI=1S/C24H28N4O4S/c1-12-4-5-13(2)19(14(12)3)32-10-17(29)11-33-23-18-21(25-20(26-23)15-6-7-15)28(16-8-9-16)24(31)27-22(18)30/h4-5,15-17,29H,6-11H2,1-3H3,(H,27,30,31). The molecular formula is C24H28N4O4S. The summed E-state index contributed by atoms with van der Waals surface area (Å²) in [6, 6.07) is 4.15. The van der Waals surface area contributed by atoms with Crippen LogP contribution in [0.4, 0.5) is 0 Å². The fraction of sp³-hybridized carbons (Fsp3) is 0.500. The monoisotopic (exact) mass is 468 g/mol. The molecule has 0 saturated heterocycles. The molecule has 5 rings (SSSR count). The quantitative estimate of drug-likeness (QED) is 0.386. The van der Waals surface area contributed by atoms with Crippen LogP contribution in [0.3, 0.4) is 0 Å². The molecule has 0 spiro atoms. The van der Waals surface area contributed by atoms with Gasteiger partial charge in [0.05, 0.1) is 6.10 Å². The Morgan fingerprint density at radius 1 is 1.15 bits per heavy atom. The molecule has 2 aliphatic carbocycles. The molecule has 0 radical (unpaired) electrons. The molecule has 2 saturated carbocycles. The molecule has 2 fully saturated rings. The molecule has 0 amide bonds. The number of benzene rings is 1. The number of aliphatic hydroxyl groups is 1. The lowest BCUT2D eigenvalue weighted by atomic mass is 10.1. The van der Waals surface area contributed by atoms with Crippen LogP contribution >= 0.6 is 11.8 Å². The third-order valence-electron chi connectivity index (χ3n) is 6.33. The Bertz CT molecular complexity index is 1340. The number of ether oxygens (including phenoxy) is 1. The summed E-state index contributed by atoms with van der Waals surface area (Å²) in [5, 5.41) is 11.5. The smallest absolute Gasteiger partial charge is 0.330 e. The number of thioether (sulfide) groups is 1. The second kappa shape index (κ2) is 8.61. The number of aryl methyl sites for hydroxylation is 2. The first-order valence-corrected chi connectivity index (χ1v) is 12.4. The van der Waals surface area contributed by atoms with Crippen LogP contribution in [-0.2, 0) is 0 Å². The van der Waals surface area contributed by atoms with Gasteiger partial charge in [0.15, 0.2) is 5.65 Å². The molecule has 2 N–H and O–H groups in total. The zero-order valence-corrected chi connectivity index (χ0v) is 19.9. The lowest BCUT2D eigenvalue weighted by Gasteiger charge is -2.17. The maximum atomic E-state index is 12.7. The van der Waals surface area contributed by atoms with Gasteiger partial charge < -0.3 is 9.84 Å². The average molecular weight is 469 g/mol. The number of H-pyrrole nitrogens is 1. The van der Waals surface area contributed by atoms with E-state index in [1.165, 1.54) is 11.8 Å². The molecule has 1 atom stereocenters. The number of hydrogen-bond donors (Lipinski definition) is 2. The van der Waals surface area contributed by atoms with Crippen molar-refractivity contribution in [3.05, 3.63) is 55.5 Å². The van der Waals surface area contributed by atoms with E-state index < -0.39 is 17.4 Å². The third-order valence-corrected chi connectivity index (χ3v) is 7.45. The molecule has 2 aromatic heterocycles. The van der Waals surface area contributed by atoms with E-state index >= 15 is 0 Å². The summed E-state index contributed by atoms with van der Waals surface area (Å²) in [5.74, 6) is 2.06. The first kappa shape index (κ1) is 22.2. The number of rotatable bonds is 8. The molecule has 0 aliphatic heterocycles. The normalized spacial score (nSPS) is 16.8. The fourth-order valence-electron chi connectivity index (χ4n) is 3.98. The van der Waals surface area contributed by atoms with E-state index in [1.807, 2.05) is 26.8 Å². The first-order valence-electron chi connectivity index (χ1n) is 11.4. The van der Waals surface area contributed by atoms with Crippen molar-refractivity contribution in [1.29, 1.82) is 0 Å². The summed E-state index contributed by atoms with van der Waals surface area (Å²) in [6.07, 6.45) is 3.08. The van der Waals surface area contributed by atoms with Crippen molar-refractivity contribution in [3.63, 3.8) is 0 Å². The molecule has 174 valence electrons. The summed E-state index contributed by atoms with van der Waals surface area (Å²) < 4.78 is 7.56. The molecule has 2 heterocycles. The number of aromatic amines is 1. The number of hydrogen-bond acceptors (Lipinski definition) is 7. The molecule has 0 bridgehead atoms. The zero-order valence-electron chi connectivity index (χ0n) is 19.1. The lowest BCUT2D eigenvalue weighted by molar-refractivity contribution is 0.125. The Morgan fingerprint density at radius 2 is 1.88 bits per heavy atom. The van der Waals surface area contributed by atoms with Crippen LogP contribution in [0, 0.1) is 20.8 Å². The SMILES string of the molecule is Cc1ccc(C)c(OCC(O)CSc2nc(C3CC3)nc3c2c(=O)[nH]c(=O)n3C2CC2)c1C. The van der Waals surface area contributed by atoms with Gasteiger partial charge in [-0.1, -0.05) is 12.1 Å². The minimum atomic E-state index is -0.753. The number of nitrogens with one attached hydrogen (secondary N) is 1. The minimum absolute atomic E-state index is 0.0800. The number of nitrogens with zero attached hydrogens (tertiary/aromatic N) is 3. The van der Waals surface area contributed by atoms with Crippen molar-refractivity contribution < 1.29 is 9.84 Å². The summed E-state index contributed by atoms with van der Waals surface area (Å²) >= 11 is 1.31. The highest BCUT2D eigenvalue weighted by molar-refractivity contribution is 7.99. The summed E-state index contributed by atoms with van der Waals surface area (Å²) in [4.78, 5) is 37.0. The summed E-state index contributed by atoms with van der Waals surface area (Å²) in [7, 11) is 0. The van der Waals surface area contributed by atoms with Gasteiger partial charge in [-0.15, -0.1) is 11.8 Å². The highest BCUT2D eigenvalue weighted by Gasteiger charge is 2.32. The predicted molar refractivity (Wildman–Crippen MR) is 128 cm³/mol. The molecule has 9 heteroatoms. The molecule has 1 unspecified atom stereocenters. The van der Waals surface area contributed by atoms with E-state index in [0.29, 0.717) is 27.6 Å². The first-order chi connectivity index (χ1) is 15.8. The molecule has 3 aromatic rings. The van der Waals surface area contributed by atoms with Gasteiger partial charge in [-0.25, -0.2) is 14.8 Å². The van der Waals surface area contributed by atoms with Crippen LogP contribution in [0.25, 0.3) is 11.0 Å². The minimum Gasteiger partial charge on any atom is -0.490 e. The maximum Gasteiger partial charge on any atom is 0.330 e. The third kappa shape index (κ3) is 4.44. The van der Waals surface area contributed by atoms with Gasteiger partial charge in [-0.2, -0.15) is 0 Å². The van der Waals surface area contributed by atoms with Crippen molar-refractivity contribution >= 4 is 22.8 Å². The van der Waals surface area contributed by atoms with E-state index in [0.717, 1.165) is 48.1 Å². The second-order valence-corrected chi connectivity index (χ2v) is 10.2. The number of aromatic nitrogens is 4. The lowest BCUT2D eigenvalue weighted by Crippen LogP contribution is -2.31. The van der Waals surface area contributed by atoms with Crippen molar-refractivity contribution in [1.82, 2.24) is 19.5 Å². The van der Waals surface area contributed by atoms with Gasteiger partial charge in [-0.3, -0.25) is 14.3 Å². The van der Waals surface area contributed by atoms with E-state index in [2.05, 4.69) is 21.0 Å². The summed E-state index contributed by atoms with van der Waals surface area (Å²) in [5.41, 5.74) is 2.76. The van der Waals surface area contributed by atoms with Gasteiger partial charge in [0.2, 0.25) is 0 Å². The van der Waals surface area contributed by atoms with E-state index in [1.54, 1.807) is 4.57 Å². The highest BCUT2D eigenvalue weighted by atomic mass is 32.2. The Hall–Kier alpha value is -2.65. The van der Waals surface area contributed by atoms with E-state index in [-0.39, 0.29) is 18.6 Å². The Morgan fingerprint density at radius 3 is 2.58 bits per heavy atom. The van der Waals surface area contributed by atoms with Crippen molar-refractivity contribution in [2.75, 3.05) is 12.4 Å². The number of fused-ring (bicyclic) bond motifs is 1. The van der Waals surface area contributed by atoms with Crippen molar-refractivity contribution in [2.45, 2.75) is 69.5 Å². The largest absolute Gasteiger partial charge is 0.490 e. The van der Waals surface area contributed by atoms with Crippen LogP contribution in [0.15, 0.2) is 26.7 Å². The van der Waals surface area contributed by atoms with Gasteiger partial charge >= 0.3 is 5.69 Å². The summed E-state index contributed by atoms with van der Waals surface area (Å²) in [6.45, 7) is 6.17. The van der Waals surface area contributed by atoms with Crippen LogP contribution in [0.1, 0.15) is 60.2 Å². The maximum absolute atomic E-state index is 12.7. The Balaban J connectivity index is 1.40. The molecule has 8 nitrogen and oxygen atoms in total. The van der Waals surface area contributed by atoms with Gasteiger partial charge in [0, 0.05) is 17.7 Å². The van der Waals surface area contributed by atoms with Crippen LogP contribution in [-0.4, -0.2) is 43.1 Å². The zero-order chi connectivity index (χ0) is 23.3. The van der Waals surface area contributed by atoms with Crippen molar-refractivity contribution in [2.24, 2.45) is 0 Å². The number of aliphatic hydroxyl groups excluding tert-OH is 1. The van der Waals surface area contributed by atoms with Crippen LogP contribution < -0.4 is 16.0 Å². The van der Waals surface area contributed by atoms with Crippen LogP contribution in [0.5, 0.6) is 5.75 Å². The molecule has 1 aromatic carbocycles. The van der Waals surface area contributed by atoms with E-state index in [4.69, 9.17) is 4.74 Å². The van der Waals surface area contributed by atoms with Gasteiger partial charge in [-0.05, 0) is 63.1 Å². The van der Waals surface area contributed by atoms with Gasteiger partial charge in [0.25, 0.3) is 5.56 Å². The Kier molecular flexibility index (Phi) is 5.78. The molecule has 2 aliphatic rings. The topological polar surface area (TPSA) is 110 Å². The highest BCUT2D eigenvalue weighted by Crippen LogP contribution is 2.41. The van der Waals surface area contributed by atoms with E-state index in [9.17, 15) is 14.7 Å². The van der Waals surface area contributed by atoms with Crippen LogP contribution in [0.2, 0.25) is 0 Å². The van der Waals surface area contributed by atoms with Crippen molar-refractivity contribution in [3.8, 4) is 5.75 Å². The van der Waals surface area contributed by atoms with Gasteiger partial charge in [0.1, 0.15) is 28.6 Å². The second-order valence-electron chi connectivity index (χ2n) is 9.15. The molecular weight excluding hydrogens is 440 g/mol. The predicted octanol–water partition coefficient (Wildman–Crippen LogP) is 3.15.